The summed E-state index contributed by atoms with van der Waals surface area (Å²) in [7, 11) is 0. The van der Waals surface area contributed by atoms with Crippen molar-refractivity contribution in [2.24, 2.45) is 5.41 Å². The summed E-state index contributed by atoms with van der Waals surface area (Å²) < 4.78 is 26.9. The second kappa shape index (κ2) is 3.76. The van der Waals surface area contributed by atoms with Crippen LogP contribution in [0.2, 0.25) is 0 Å². The first-order valence-electron chi connectivity index (χ1n) is 5.36. The molecule has 0 saturated carbocycles. The van der Waals surface area contributed by atoms with Crippen LogP contribution in [0.25, 0.3) is 0 Å². The molecule has 1 aliphatic heterocycles. The number of hydrogen-bond acceptors (Lipinski definition) is 3. The summed E-state index contributed by atoms with van der Waals surface area (Å²) in [5.41, 5.74) is 3.97. The predicted molar refractivity (Wildman–Crippen MR) is 61.7 cm³/mol. The fourth-order valence-corrected chi connectivity index (χ4v) is 1.96. The molecule has 2 rings (SSSR count). The van der Waals surface area contributed by atoms with E-state index in [1.807, 2.05) is 0 Å². The maximum Gasteiger partial charge on any atom is 0.240 e. The molecule has 6 heteroatoms. The van der Waals surface area contributed by atoms with Crippen LogP contribution >= 0.6 is 0 Å². The molecule has 1 heterocycles. The zero-order valence-corrected chi connectivity index (χ0v) is 9.96. The largest absolute Gasteiger partial charge is 0.397 e. The Morgan fingerprint density at radius 3 is 2.39 bits per heavy atom. The molecule has 0 aromatic heterocycles. The van der Waals surface area contributed by atoms with Crippen LogP contribution in [-0.4, -0.2) is 11.8 Å². The van der Waals surface area contributed by atoms with Gasteiger partial charge in [-0.1, -0.05) is 13.8 Å². The van der Waals surface area contributed by atoms with Crippen LogP contribution < -0.4 is 10.6 Å². The van der Waals surface area contributed by atoms with Crippen LogP contribution in [0.15, 0.2) is 12.1 Å². The van der Waals surface area contributed by atoms with E-state index in [9.17, 15) is 18.4 Å². The molecule has 1 fully saturated rings. The van der Waals surface area contributed by atoms with E-state index >= 15 is 0 Å². The molecule has 0 atom stereocenters. The number of halogens is 2. The Hall–Kier alpha value is -1.98. The third kappa shape index (κ3) is 1.64. The second-order valence-corrected chi connectivity index (χ2v) is 4.89. The van der Waals surface area contributed by atoms with E-state index < -0.39 is 34.6 Å². The number of nitrogens with two attached hydrogens (primary N) is 1. The highest BCUT2D eigenvalue weighted by molar-refractivity contribution is 6.23. The van der Waals surface area contributed by atoms with Gasteiger partial charge in [-0.05, 0) is 12.1 Å². The van der Waals surface area contributed by atoms with Gasteiger partial charge in [0.05, 0.1) is 11.1 Å². The van der Waals surface area contributed by atoms with Crippen LogP contribution in [0.5, 0.6) is 0 Å². The van der Waals surface area contributed by atoms with E-state index in [1.54, 1.807) is 13.8 Å². The molecule has 0 unspecified atom stereocenters. The van der Waals surface area contributed by atoms with Gasteiger partial charge in [-0.2, -0.15) is 0 Å². The maximum atomic E-state index is 13.7. The monoisotopic (exact) mass is 254 g/mol. The van der Waals surface area contributed by atoms with Gasteiger partial charge in [0.15, 0.2) is 11.6 Å². The zero-order chi connectivity index (χ0) is 13.7. The Morgan fingerprint density at radius 1 is 1.28 bits per heavy atom. The molecule has 4 nitrogen and oxygen atoms in total. The number of carbonyl (C=O) groups is 2. The summed E-state index contributed by atoms with van der Waals surface area (Å²) in [5.74, 6) is -3.59. The molecule has 0 radical (unpaired) electrons. The van der Waals surface area contributed by atoms with Gasteiger partial charge in [-0.15, -0.1) is 0 Å². The van der Waals surface area contributed by atoms with Crippen molar-refractivity contribution >= 4 is 23.2 Å². The van der Waals surface area contributed by atoms with E-state index in [2.05, 4.69) is 0 Å². The first kappa shape index (κ1) is 12.5. The third-order valence-corrected chi connectivity index (χ3v) is 2.95. The summed E-state index contributed by atoms with van der Waals surface area (Å²) >= 11 is 0. The van der Waals surface area contributed by atoms with Gasteiger partial charge in [0.2, 0.25) is 11.8 Å². The van der Waals surface area contributed by atoms with Crippen molar-refractivity contribution in [1.82, 2.24) is 0 Å². The minimum absolute atomic E-state index is 0.0543. The van der Waals surface area contributed by atoms with Crippen LogP contribution in [0, 0.1) is 17.0 Å². The quantitative estimate of drug-likeness (QED) is 0.614. The van der Waals surface area contributed by atoms with E-state index in [0.717, 1.165) is 12.1 Å². The van der Waals surface area contributed by atoms with Crippen LogP contribution in [0.3, 0.4) is 0 Å². The Balaban J connectivity index is 2.60. The molecule has 0 spiro atoms. The molecule has 1 saturated heterocycles. The van der Waals surface area contributed by atoms with Gasteiger partial charge in [-0.3, -0.25) is 9.59 Å². The van der Waals surface area contributed by atoms with Gasteiger partial charge < -0.3 is 5.73 Å². The van der Waals surface area contributed by atoms with Gasteiger partial charge in [0.1, 0.15) is 5.69 Å². The molecule has 2 amide bonds. The second-order valence-electron chi connectivity index (χ2n) is 4.89. The van der Waals surface area contributed by atoms with Crippen LogP contribution in [0.1, 0.15) is 20.3 Å². The predicted octanol–water partition coefficient (Wildman–Crippen LogP) is 1.84. The maximum absolute atomic E-state index is 13.7. The van der Waals surface area contributed by atoms with Gasteiger partial charge in [0.25, 0.3) is 0 Å². The highest BCUT2D eigenvalue weighted by atomic mass is 19.2. The standard InChI is InChI=1S/C12H12F2N2O2/c1-12(2)5-8(17)16(11(12)18)10-7(15)4-3-6(13)9(10)14/h3-4H,5,15H2,1-2H3. The van der Waals surface area contributed by atoms with E-state index in [4.69, 9.17) is 5.73 Å². The highest BCUT2D eigenvalue weighted by Crippen LogP contribution is 2.39. The first-order valence-corrected chi connectivity index (χ1v) is 5.36. The van der Waals surface area contributed by atoms with Crippen molar-refractivity contribution in [3.8, 4) is 0 Å². The lowest BCUT2D eigenvalue weighted by Gasteiger charge is -2.19. The zero-order valence-electron chi connectivity index (χ0n) is 9.96. The molecule has 1 aromatic carbocycles. The number of nitrogen functional groups attached to an aromatic ring is 1. The topological polar surface area (TPSA) is 63.4 Å². The number of carbonyl (C=O) groups excluding carboxylic acids is 2. The summed E-state index contributed by atoms with van der Waals surface area (Å²) in [5, 5.41) is 0. The number of imide groups is 1. The molecule has 0 aliphatic carbocycles. The number of amides is 2. The summed E-state index contributed by atoms with van der Waals surface area (Å²) in [6.07, 6.45) is -0.0543. The van der Waals surface area contributed by atoms with Gasteiger partial charge >= 0.3 is 0 Å². The van der Waals surface area contributed by atoms with Crippen LogP contribution in [-0.2, 0) is 9.59 Å². The third-order valence-electron chi connectivity index (χ3n) is 2.95. The Morgan fingerprint density at radius 2 is 1.89 bits per heavy atom. The SMILES string of the molecule is CC1(C)CC(=O)N(c2c(N)ccc(F)c2F)C1=O. The lowest BCUT2D eigenvalue weighted by Crippen LogP contribution is -2.34. The smallest absolute Gasteiger partial charge is 0.240 e. The van der Waals surface area contributed by atoms with Crippen molar-refractivity contribution in [2.75, 3.05) is 10.6 Å². The fraction of sp³-hybridized carbons (Fsp3) is 0.333. The van der Waals surface area contributed by atoms with Crippen LogP contribution in [0.4, 0.5) is 20.2 Å². The molecule has 18 heavy (non-hydrogen) atoms. The first-order chi connectivity index (χ1) is 8.25. The highest BCUT2D eigenvalue weighted by Gasteiger charge is 2.47. The number of benzene rings is 1. The molecule has 0 bridgehead atoms. The number of anilines is 2. The summed E-state index contributed by atoms with van der Waals surface area (Å²) in [4.78, 5) is 24.4. The number of rotatable bonds is 1. The number of nitrogens with zero attached hydrogens (tertiary/aromatic N) is 1. The van der Waals surface area contributed by atoms with Gasteiger partial charge in [-0.25, -0.2) is 13.7 Å². The summed E-state index contributed by atoms with van der Waals surface area (Å²) in [6.45, 7) is 3.14. The van der Waals surface area contributed by atoms with Crippen molar-refractivity contribution in [1.29, 1.82) is 0 Å². The molecule has 1 aliphatic rings. The normalized spacial score (nSPS) is 18.6. The Kier molecular flexibility index (Phi) is 2.61. The molecule has 2 N–H and O–H groups in total. The van der Waals surface area contributed by atoms with Crippen molar-refractivity contribution in [2.45, 2.75) is 20.3 Å². The van der Waals surface area contributed by atoms with Crippen molar-refractivity contribution in [3.05, 3.63) is 23.8 Å². The summed E-state index contributed by atoms with van der Waals surface area (Å²) in [6, 6.07) is 1.98. The fourth-order valence-electron chi connectivity index (χ4n) is 1.96. The minimum Gasteiger partial charge on any atom is -0.397 e. The molecule has 96 valence electrons. The van der Waals surface area contributed by atoms with E-state index in [0.29, 0.717) is 4.90 Å². The lowest BCUT2D eigenvalue weighted by molar-refractivity contribution is -0.124. The molecular weight excluding hydrogens is 242 g/mol. The van der Waals surface area contributed by atoms with Crippen molar-refractivity contribution in [3.63, 3.8) is 0 Å². The number of hydrogen-bond donors (Lipinski definition) is 1. The average molecular weight is 254 g/mol. The van der Waals surface area contributed by atoms with E-state index in [1.165, 1.54) is 0 Å². The Labute approximate surface area is 102 Å². The van der Waals surface area contributed by atoms with Crippen molar-refractivity contribution < 1.29 is 18.4 Å². The molecule has 1 aromatic rings. The molecular formula is C12H12F2N2O2. The Bertz CT molecular complexity index is 555. The van der Waals surface area contributed by atoms with E-state index in [-0.39, 0.29) is 12.1 Å². The lowest BCUT2D eigenvalue weighted by atomic mass is 9.92. The average Bonchev–Trinajstić information content (AvgIpc) is 2.46. The van der Waals surface area contributed by atoms with Gasteiger partial charge in [0, 0.05) is 6.42 Å². The minimum atomic E-state index is -1.28.